The van der Waals surface area contributed by atoms with E-state index in [1.54, 1.807) is 25.1 Å². The average Bonchev–Trinajstić information content (AvgIpc) is 2.85. The molecule has 0 radical (unpaired) electrons. The molecule has 2 aromatic rings. The molecule has 5 nitrogen and oxygen atoms in total. The van der Waals surface area contributed by atoms with E-state index in [2.05, 4.69) is 20.5 Å². The molecule has 118 valence electrons. The molecule has 0 aliphatic carbocycles. The molecule has 0 saturated heterocycles. The maximum atomic E-state index is 13.7. The topological polar surface area (TPSA) is 70.7 Å². The summed E-state index contributed by atoms with van der Waals surface area (Å²) in [6.07, 6.45) is 0. The molecular formula is C15H19FN4OS. The van der Waals surface area contributed by atoms with Crippen molar-refractivity contribution in [1.29, 1.82) is 0 Å². The number of amides is 1. The number of nitrogens with one attached hydrogen (secondary N) is 2. The third kappa shape index (κ3) is 4.30. The second kappa shape index (κ2) is 6.48. The predicted molar refractivity (Wildman–Crippen MR) is 85.0 cm³/mol. The SMILES string of the molecule is C[C@@H](Sc1n[nH]c(-c2ccccc2F)n1)C(=O)NC(C)(C)C. The first-order valence-electron chi connectivity index (χ1n) is 6.92. The van der Waals surface area contributed by atoms with E-state index in [9.17, 15) is 9.18 Å². The molecule has 22 heavy (non-hydrogen) atoms. The van der Waals surface area contributed by atoms with Crippen molar-refractivity contribution in [3.05, 3.63) is 30.1 Å². The summed E-state index contributed by atoms with van der Waals surface area (Å²) in [7, 11) is 0. The Morgan fingerprint density at radius 2 is 2.05 bits per heavy atom. The molecule has 1 amide bonds. The first-order valence-corrected chi connectivity index (χ1v) is 7.80. The molecule has 0 unspecified atom stereocenters. The standard InChI is InChI=1S/C15H19FN4OS/c1-9(13(21)18-15(2,3)4)22-14-17-12(19-20-14)10-7-5-6-8-11(10)16/h5-9H,1-4H3,(H,18,21)(H,17,19,20)/t9-/m1/s1. The summed E-state index contributed by atoms with van der Waals surface area (Å²) in [4.78, 5) is 16.3. The van der Waals surface area contributed by atoms with E-state index in [1.165, 1.54) is 17.8 Å². The van der Waals surface area contributed by atoms with Crippen LogP contribution < -0.4 is 5.32 Å². The summed E-state index contributed by atoms with van der Waals surface area (Å²) >= 11 is 1.23. The van der Waals surface area contributed by atoms with Crippen LogP contribution in [0.2, 0.25) is 0 Å². The molecule has 1 aromatic carbocycles. The van der Waals surface area contributed by atoms with Gasteiger partial charge in [-0.3, -0.25) is 9.89 Å². The highest BCUT2D eigenvalue weighted by molar-refractivity contribution is 8.00. The van der Waals surface area contributed by atoms with E-state index in [4.69, 9.17) is 0 Å². The number of benzene rings is 1. The number of hydrogen-bond acceptors (Lipinski definition) is 4. The van der Waals surface area contributed by atoms with Gasteiger partial charge in [0.25, 0.3) is 0 Å². The van der Waals surface area contributed by atoms with Crippen LogP contribution in [0.4, 0.5) is 4.39 Å². The molecule has 2 N–H and O–H groups in total. The quantitative estimate of drug-likeness (QED) is 0.849. The molecule has 0 spiro atoms. The van der Waals surface area contributed by atoms with Gasteiger partial charge in [-0.05, 0) is 39.8 Å². The molecule has 7 heteroatoms. The van der Waals surface area contributed by atoms with Crippen molar-refractivity contribution in [1.82, 2.24) is 20.5 Å². The minimum absolute atomic E-state index is 0.0882. The van der Waals surface area contributed by atoms with Gasteiger partial charge >= 0.3 is 0 Å². The molecule has 0 bridgehead atoms. The number of aromatic nitrogens is 3. The second-order valence-corrected chi connectivity index (χ2v) is 7.25. The maximum Gasteiger partial charge on any atom is 0.233 e. The summed E-state index contributed by atoms with van der Waals surface area (Å²) in [5, 5.41) is 9.70. The molecule has 0 aliphatic heterocycles. The lowest BCUT2D eigenvalue weighted by Crippen LogP contribution is -2.44. The number of carbonyl (C=O) groups is 1. The minimum atomic E-state index is -0.367. The number of hydrogen-bond donors (Lipinski definition) is 2. The lowest BCUT2D eigenvalue weighted by Gasteiger charge is -2.22. The van der Waals surface area contributed by atoms with Crippen LogP contribution in [0.5, 0.6) is 0 Å². The first kappa shape index (κ1) is 16.5. The predicted octanol–water partition coefficient (Wildman–Crippen LogP) is 3.01. The summed E-state index contributed by atoms with van der Waals surface area (Å²) in [6.45, 7) is 7.55. The fourth-order valence-electron chi connectivity index (χ4n) is 1.76. The summed E-state index contributed by atoms with van der Waals surface area (Å²) in [5.41, 5.74) is 0.0668. The van der Waals surface area contributed by atoms with E-state index >= 15 is 0 Å². The Balaban J connectivity index is 2.06. The summed E-state index contributed by atoms with van der Waals surface area (Å²) in [5.74, 6) is -0.104. The lowest BCUT2D eigenvalue weighted by atomic mass is 10.1. The maximum absolute atomic E-state index is 13.7. The van der Waals surface area contributed by atoms with Crippen molar-refractivity contribution in [3.63, 3.8) is 0 Å². The van der Waals surface area contributed by atoms with Crippen molar-refractivity contribution in [2.75, 3.05) is 0 Å². The fourth-order valence-corrected chi connectivity index (χ4v) is 2.48. The van der Waals surface area contributed by atoms with Crippen molar-refractivity contribution in [2.45, 2.75) is 43.6 Å². The Bertz CT molecular complexity index is 666. The highest BCUT2D eigenvalue weighted by Gasteiger charge is 2.22. The molecule has 0 aliphatic rings. The van der Waals surface area contributed by atoms with Crippen LogP contribution in [0.3, 0.4) is 0 Å². The van der Waals surface area contributed by atoms with Crippen LogP contribution in [-0.4, -0.2) is 31.9 Å². The number of halogens is 1. The zero-order chi connectivity index (χ0) is 16.3. The van der Waals surface area contributed by atoms with Crippen LogP contribution in [-0.2, 0) is 4.79 Å². The van der Waals surface area contributed by atoms with Crippen molar-refractivity contribution in [3.8, 4) is 11.4 Å². The van der Waals surface area contributed by atoms with E-state index in [1.807, 2.05) is 20.8 Å². The van der Waals surface area contributed by atoms with Gasteiger partial charge in [-0.2, -0.15) is 0 Å². The number of rotatable bonds is 4. The zero-order valence-electron chi connectivity index (χ0n) is 13.0. The third-order valence-electron chi connectivity index (χ3n) is 2.74. The lowest BCUT2D eigenvalue weighted by molar-refractivity contribution is -0.121. The Hall–Kier alpha value is -1.89. The minimum Gasteiger partial charge on any atom is -0.351 e. The van der Waals surface area contributed by atoms with Gasteiger partial charge in [0.15, 0.2) is 5.82 Å². The van der Waals surface area contributed by atoms with Crippen LogP contribution in [0.15, 0.2) is 29.4 Å². The summed E-state index contributed by atoms with van der Waals surface area (Å²) < 4.78 is 13.7. The van der Waals surface area contributed by atoms with E-state index in [0.29, 0.717) is 16.5 Å². The highest BCUT2D eigenvalue weighted by atomic mass is 32.2. The number of H-pyrrole nitrogens is 1. The Morgan fingerprint density at radius 3 is 2.68 bits per heavy atom. The molecular weight excluding hydrogens is 303 g/mol. The van der Waals surface area contributed by atoms with Crippen molar-refractivity contribution in [2.24, 2.45) is 0 Å². The zero-order valence-corrected chi connectivity index (χ0v) is 13.8. The molecule has 2 rings (SSSR count). The van der Waals surface area contributed by atoms with Gasteiger partial charge in [0, 0.05) is 5.54 Å². The first-order chi connectivity index (χ1) is 10.3. The highest BCUT2D eigenvalue weighted by Crippen LogP contribution is 2.24. The monoisotopic (exact) mass is 322 g/mol. The second-order valence-electron chi connectivity index (χ2n) is 5.95. The van der Waals surface area contributed by atoms with Gasteiger partial charge in [-0.25, -0.2) is 9.37 Å². The Labute approximate surface area is 133 Å². The molecule has 1 heterocycles. The third-order valence-corrected chi connectivity index (χ3v) is 3.70. The van der Waals surface area contributed by atoms with Gasteiger partial charge < -0.3 is 5.32 Å². The van der Waals surface area contributed by atoms with Crippen LogP contribution in [0.1, 0.15) is 27.7 Å². The summed E-state index contributed by atoms with van der Waals surface area (Å²) in [6, 6.07) is 6.33. The number of thioether (sulfide) groups is 1. The normalized spacial score (nSPS) is 13.0. The number of aromatic amines is 1. The van der Waals surface area contributed by atoms with E-state index < -0.39 is 0 Å². The van der Waals surface area contributed by atoms with E-state index in [-0.39, 0.29) is 22.5 Å². The van der Waals surface area contributed by atoms with Crippen molar-refractivity contribution < 1.29 is 9.18 Å². The Morgan fingerprint density at radius 1 is 1.36 bits per heavy atom. The van der Waals surface area contributed by atoms with Crippen molar-refractivity contribution >= 4 is 17.7 Å². The van der Waals surface area contributed by atoms with E-state index in [0.717, 1.165) is 0 Å². The fraction of sp³-hybridized carbons (Fsp3) is 0.400. The average molecular weight is 322 g/mol. The largest absolute Gasteiger partial charge is 0.351 e. The van der Waals surface area contributed by atoms with Crippen LogP contribution in [0.25, 0.3) is 11.4 Å². The number of carbonyl (C=O) groups excluding carboxylic acids is 1. The molecule has 0 fully saturated rings. The molecule has 1 aromatic heterocycles. The van der Waals surface area contributed by atoms with Crippen LogP contribution >= 0.6 is 11.8 Å². The van der Waals surface area contributed by atoms with Gasteiger partial charge in [-0.1, -0.05) is 23.9 Å². The smallest absolute Gasteiger partial charge is 0.233 e. The van der Waals surface area contributed by atoms with Gasteiger partial charge in [0.2, 0.25) is 11.1 Å². The van der Waals surface area contributed by atoms with Gasteiger partial charge in [-0.15, -0.1) is 5.10 Å². The molecule has 0 saturated carbocycles. The Kier molecular flexibility index (Phi) is 4.85. The van der Waals surface area contributed by atoms with Crippen LogP contribution in [0, 0.1) is 5.82 Å². The number of nitrogens with zero attached hydrogens (tertiary/aromatic N) is 2. The van der Waals surface area contributed by atoms with Gasteiger partial charge in [0.05, 0.1) is 10.8 Å². The molecule has 1 atom stereocenters. The van der Waals surface area contributed by atoms with Gasteiger partial charge in [0.1, 0.15) is 5.82 Å².